The van der Waals surface area contributed by atoms with Crippen molar-refractivity contribution in [1.29, 1.82) is 0 Å². The molecule has 0 amide bonds. The molecule has 50 valence electrons. The van der Waals surface area contributed by atoms with Crippen molar-refractivity contribution < 1.29 is 0 Å². The molecule has 0 aliphatic heterocycles. The maximum Gasteiger partial charge on any atom is 0.00744 e. The van der Waals surface area contributed by atoms with Crippen LogP contribution in [0, 0.1) is 0 Å². The predicted molar refractivity (Wildman–Crippen MR) is 41.3 cm³/mol. The summed E-state index contributed by atoms with van der Waals surface area (Å²) in [4.78, 5) is 0. The van der Waals surface area contributed by atoms with E-state index in [1.165, 1.54) is 22.7 Å². The molecule has 3 heteroatoms. The minimum absolute atomic E-state index is 0.765. The van der Waals surface area contributed by atoms with E-state index in [0.29, 0.717) is 0 Å². The number of nitrogens with one attached hydrogen (secondary N) is 1. The van der Waals surface area contributed by atoms with Crippen molar-refractivity contribution in [3.63, 3.8) is 0 Å². The fraction of sp³-hybridized carbons (Fsp3) is 1.00. The first-order chi connectivity index (χ1) is 3.91. The van der Waals surface area contributed by atoms with E-state index in [-0.39, 0.29) is 0 Å². The molecular weight excluding hydrogens is 116 g/mol. The van der Waals surface area contributed by atoms with Crippen LogP contribution in [-0.4, -0.2) is 29.9 Å². The van der Waals surface area contributed by atoms with Gasteiger partial charge in [-0.25, -0.2) is 0 Å². The third kappa shape index (κ3) is 6.14. The monoisotopic (exact) mass is 132 g/mol. The normalized spacial score (nSPS) is 10.1. The van der Waals surface area contributed by atoms with Crippen LogP contribution in [-0.2, 0) is 0 Å². The standard InChI is InChI=1S/C5H16N2Si/c6-2-4-7-3-1-5-8/h7H,1-6H2,8H3. The first kappa shape index (κ1) is 8.14. The number of hydrogen-bond donors (Lipinski definition) is 2. The van der Waals surface area contributed by atoms with Crippen LogP contribution in [0.4, 0.5) is 0 Å². The van der Waals surface area contributed by atoms with Crippen LogP contribution in [0.25, 0.3) is 0 Å². The number of rotatable bonds is 5. The van der Waals surface area contributed by atoms with Crippen LogP contribution in [0.2, 0.25) is 6.04 Å². The molecular formula is C5H16N2Si. The van der Waals surface area contributed by atoms with Crippen molar-refractivity contribution in [2.75, 3.05) is 19.6 Å². The lowest BCUT2D eigenvalue weighted by Gasteiger charge is -1.98. The molecule has 0 aromatic carbocycles. The molecule has 0 spiro atoms. The maximum atomic E-state index is 5.26. The summed E-state index contributed by atoms with van der Waals surface area (Å²) in [5, 5.41) is 3.23. The third-order valence-electron chi connectivity index (χ3n) is 1.03. The molecule has 0 radical (unpaired) electrons. The molecule has 8 heavy (non-hydrogen) atoms. The first-order valence-corrected chi connectivity index (χ1v) is 4.74. The van der Waals surface area contributed by atoms with E-state index < -0.39 is 0 Å². The lowest BCUT2D eigenvalue weighted by atomic mass is 10.5. The Balaban J connectivity index is 2.53. The van der Waals surface area contributed by atoms with Gasteiger partial charge in [0.15, 0.2) is 0 Å². The highest BCUT2D eigenvalue weighted by Gasteiger charge is 1.80. The van der Waals surface area contributed by atoms with Gasteiger partial charge in [0.1, 0.15) is 0 Å². The lowest BCUT2D eigenvalue weighted by Crippen LogP contribution is -2.23. The zero-order valence-electron chi connectivity index (χ0n) is 5.61. The lowest BCUT2D eigenvalue weighted by molar-refractivity contribution is 0.678. The van der Waals surface area contributed by atoms with E-state index in [2.05, 4.69) is 5.32 Å². The van der Waals surface area contributed by atoms with E-state index in [1.807, 2.05) is 0 Å². The Morgan fingerprint density at radius 1 is 1.38 bits per heavy atom. The highest BCUT2D eigenvalue weighted by molar-refractivity contribution is 6.08. The summed E-state index contributed by atoms with van der Waals surface area (Å²) < 4.78 is 0. The summed E-state index contributed by atoms with van der Waals surface area (Å²) in [6, 6.07) is 1.40. The Morgan fingerprint density at radius 3 is 2.62 bits per heavy atom. The van der Waals surface area contributed by atoms with Gasteiger partial charge in [0, 0.05) is 23.3 Å². The van der Waals surface area contributed by atoms with Crippen LogP contribution < -0.4 is 11.1 Å². The molecule has 0 unspecified atom stereocenters. The average Bonchev–Trinajstić information content (AvgIpc) is 1.81. The SMILES string of the molecule is NCCNCCC[SiH3]. The molecule has 0 aromatic heterocycles. The summed E-state index contributed by atoms with van der Waals surface area (Å²) in [6.45, 7) is 2.89. The predicted octanol–water partition coefficient (Wildman–Crippen LogP) is -1.29. The van der Waals surface area contributed by atoms with Gasteiger partial charge in [-0.3, -0.25) is 0 Å². The summed E-state index contributed by atoms with van der Waals surface area (Å²) in [6.07, 6.45) is 1.33. The zero-order chi connectivity index (χ0) is 6.24. The first-order valence-electron chi connectivity index (χ1n) is 3.32. The van der Waals surface area contributed by atoms with Gasteiger partial charge in [0.05, 0.1) is 0 Å². The second-order valence-electron chi connectivity index (χ2n) is 1.89. The van der Waals surface area contributed by atoms with Gasteiger partial charge in [0.2, 0.25) is 0 Å². The van der Waals surface area contributed by atoms with Gasteiger partial charge in [-0.2, -0.15) is 0 Å². The fourth-order valence-electron chi connectivity index (χ4n) is 0.529. The fourth-order valence-corrected chi connectivity index (χ4v) is 0.882. The Labute approximate surface area is 54.3 Å². The summed E-state index contributed by atoms with van der Waals surface area (Å²) in [5.74, 6) is 0. The van der Waals surface area contributed by atoms with Crippen molar-refractivity contribution >= 4 is 10.2 Å². The van der Waals surface area contributed by atoms with Crippen molar-refractivity contribution in [1.82, 2.24) is 5.32 Å². The molecule has 0 saturated carbocycles. The quantitative estimate of drug-likeness (QED) is 0.361. The molecule has 0 heterocycles. The van der Waals surface area contributed by atoms with Crippen LogP contribution in [0.1, 0.15) is 6.42 Å². The number of hydrogen-bond acceptors (Lipinski definition) is 2. The minimum Gasteiger partial charge on any atom is -0.329 e. The Hall–Kier alpha value is 0.137. The Morgan fingerprint density at radius 2 is 2.12 bits per heavy atom. The topological polar surface area (TPSA) is 38.0 Å². The highest BCUT2D eigenvalue weighted by atomic mass is 28.1. The van der Waals surface area contributed by atoms with Gasteiger partial charge in [-0.15, -0.1) is 0 Å². The molecule has 0 saturated heterocycles. The van der Waals surface area contributed by atoms with Crippen LogP contribution in [0.5, 0.6) is 0 Å². The summed E-state index contributed by atoms with van der Waals surface area (Å²) in [5.41, 5.74) is 5.26. The molecule has 0 aromatic rings. The molecule has 2 nitrogen and oxygen atoms in total. The van der Waals surface area contributed by atoms with E-state index in [1.54, 1.807) is 0 Å². The largest absolute Gasteiger partial charge is 0.329 e. The van der Waals surface area contributed by atoms with Gasteiger partial charge in [-0.05, 0) is 13.0 Å². The molecule has 0 bridgehead atoms. The smallest absolute Gasteiger partial charge is 0.00744 e. The van der Waals surface area contributed by atoms with E-state index in [0.717, 1.165) is 19.6 Å². The van der Waals surface area contributed by atoms with E-state index >= 15 is 0 Å². The Kier molecular flexibility index (Phi) is 7.26. The average molecular weight is 132 g/mol. The van der Waals surface area contributed by atoms with E-state index in [4.69, 9.17) is 5.73 Å². The summed E-state index contributed by atoms with van der Waals surface area (Å²) >= 11 is 0. The van der Waals surface area contributed by atoms with Crippen LogP contribution >= 0.6 is 0 Å². The van der Waals surface area contributed by atoms with Crippen molar-refractivity contribution in [2.24, 2.45) is 5.73 Å². The minimum atomic E-state index is 0.765. The van der Waals surface area contributed by atoms with Gasteiger partial charge < -0.3 is 11.1 Å². The summed E-state index contributed by atoms with van der Waals surface area (Å²) in [7, 11) is 1.34. The maximum absolute atomic E-state index is 5.26. The number of nitrogens with two attached hydrogens (primary N) is 1. The highest BCUT2D eigenvalue weighted by Crippen LogP contribution is 1.78. The molecule has 0 rings (SSSR count). The molecule has 0 aliphatic carbocycles. The third-order valence-corrected chi connectivity index (χ3v) is 1.74. The molecule has 0 atom stereocenters. The second-order valence-corrected chi connectivity index (χ2v) is 2.89. The second kappa shape index (κ2) is 7.14. The van der Waals surface area contributed by atoms with Crippen molar-refractivity contribution in [3.05, 3.63) is 0 Å². The van der Waals surface area contributed by atoms with Crippen LogP contribution in [0.15, 0.2) is 0 Å². The van der Waals surface area contributed by atoms with Crippen LogP contribution in [0.3, 0.4) is 0 Å². The molecule has 3 N–H and O–H groups in total. The van der Waals surface area contributed by atoms with Gasteiger partial charge >= 0.3 is 0 Å². The molecule has 0 fully saturated rings. The zero-order valence-corrected chi connectivity index (χ0v) is 7.61. The van der Waals surface area contributed by atoms with Gasteiger partial charge in [-0.1, -0.05) is 6.04 Å². The van der Waals surface area contributed by atoms with Gasteiger partial charge in [0.25, 0.3) is 0 Å². The van der Waals surface area contributed by atoms with Crippen molar-refractivity contribution in [3.8, 4) is 0 Å². The molecule has 0 aliphatic rings. The Bertz CT molecular complexity index is 35.4. The van der Waals surface area contributed by atoms with E-state index in [9.17, 15) is 0 Å². The van der Waals surface area contributed by atoms with Crippen molar-refractivity contribution in [2.45, 2.75) is 12.5 Å².